The topological polar surface area (TPSA) is 75.4 Å². The molecule has 0 aromatic heterocycles. The van der Waals surface area contributed by atoms with Crippen molar-refractivity contribution in [2.75, 3.05) is 6.61 Å². The van der Waals surface area contributed by atoms with Crippen LogP contribution < -0.4 is 11.1 Å². The van der Waals surface area contributed by atoms with E-state index in [1.807, 2.05) is 13.8 Å². The van der Waals surface area contributed by atoms with Crippen LogP contribution in [0.1, 0.15) is 46.5 Å². The fourth-order valence-electron chi connectivity index (χ4n) is 1.49. The van der Waals surface area contributed by atoms with E-state index in [-0.39, 0.29) is 31.0 Å². The Hall–Kier alpha value is -0.320. The third-order valence-electron chi connectivity index (χ3n) is 2.46. The summed E-state index contributed by atoms with van der Waals surface area (Å²) in [6, 6.07) is 0.0735. The lowest BCUT2D eigenvalue weighted by atomic mass is 9.96. The van der Waals surface area contributed by atoms with E-state index >= 15 is 0 Å². The number of hydrogen-bond donors (Lipinski definition) is 3. The van der Waals surface area contributed by atoms with E-state index in [1.165, 1.54) is 0 Å². The molecule has 2 atom stereocenters. The highest BCUT2D eigenvalue weighted by Gasteiger charge is 2.27. The normalized spacial score (nSPS) is 15.8. The van der Waals surface area contributed by atoms with Gasteiger partial charge in [0.15, 0.2) is 0 Å². The lowest BCUT2D eigenvalue weighted by Crippen LogP contribution is -2.53. The highest BCUT2D eigenvalue weighted by molar-refractivity contribution is 5.85. The molecule has 0 radical (unpaired) electrons. The first-order valence-electron chi connectivity index (χ1n) is 5.64. The van der Waals surface area contributed by atoms with Crippen LogP contribution in [0.4, 0.5) is 0 Å². The third-order valence-corrected chi connectivity index (χ3v) is 2.46. The summed E-state index contributed by atoms with van der Waals surface area (Å²) < 4.78 is 0. The van der Waals surface area contributed by atoms with Crippen LogP contribution in [-0.4, -0.2) is 29.2 Å². The quantitative estimate of drug-likeness (QED) is 0.637. The lowest BCUT2D eigenvalue weighted by molar-refractivity contribution is -0.126. The second-order valence-corrected chi connectivity index (χ2v) is 4.41. The van der Waals surface area contributed by atoms with Gasteiger partial charge in [0.25, 0.3) is 0 Å². The minimum atomic E-state index is -0.776. The smallest absolute Gasteiger partial charge is 0.240 e. The zero-order valence-electron chi connectivity index (χ0n) is 10.5. The van der Waals surface area contributed by atoms with E-state index in [1.54, 1.807) is 6.92 Å². The van der Waals surface area contributed by atoms with E-state index in [0.717, 1.165) is 12.8 Å². The van der Waals surface area contributed by atoms with Crippen LogP contribution in [0.2, 0.25) is 0 Å². The van der Waals surface area contributed by atoms with E-state index in [0.29, 0.717) is 12.8 Å². The molecule has 0 fully saturated rings. The molecule has 4 nitrogen and oxygen atoms in total. The number of hydrogen-bond acceptors (Lipinski definition) is 3. The number of carbonyl (C=O) groups excluding carboxylic acids is 1. The molecule has 0 aliphatic rings. The molecule has 1 amide bonds. The number of aliphatic hydroxyl groups is 1. The van der Waals surface area contributed by atoms with Crippen LogP contribution in [0, 0.1) is 0 Å². The van der Waals surface area contributed by atoms with Crippen LogP contribution in [0.15, 0.2) is 0 Å². The van der Waals surface area contributed by atoms with Gasteiger partial charge in [0.05, 0.1) is 5.54 Å². The predicted octanol–water partition coefficient (Wildman–Crippen LogP) is 1.20. The minimum absolute atomic E-state index is 0. The summed E-state index contributed by atoms with van der Waals surface area (Å²) in [5.74, 6) is -0.102. The van der Waals surface area contributed by atoms with Crippen molar-refractivity contribution in [1.82, 2.24) is 5.32 Å². The van der Waals surface area contributed by atoms with E-state index in [9.17, 15) is 4.79 Å². The fraction of sp³-hybridized carbons (Fsp3) is 0.909. The second-order valence-electron chi connectivity index (χ2n) is 4.41. The van der Waals surface area contributed by atoms with Gasteiger partial charge in [-0.25, -0.2) is 0 Å². The number of rotatable bonds is 7. The average Bonchev–Trinajstić information content (AvgIpc) is 2.14. The first-order valence-corrected chi connectivity index (χ1v) is 5.64. The van der Waals surface area contributed by atoms with Gasteiger partial charge in [0, 0.05) is 12.6 Å². The molecule has 4 N–H and O–H groups in total. The Kier molecular flexibility index (Phi) is 9.92. The highest BCUT2D eigenvalue weighted by Crippen LogP contribution is 2.09. The summed E-state index contributed by atoms with van der Waals surface area (Å²) in [6.45, 7) is 5.85. The number of nitrogens with two attached hydrogens (primary N) is 1. The maximum absolute atomic E-state index is 11.7. The summed E-state index contributed by atoms with van der Waals surface area (Å²) in [5.41, 5.74) is 5.11. The first kappa shape index (κ1) is 18.1. The van der Waals surface area contributed by atoms with E-state index < -0.39 is 5.54 Å². The molecule has 0 bridgehead atoms. The molecular formula is C11H25ClN2O2. The van der Waals surface area contributed by atoms with Crippen molar-refractivity contribution < 1.29 is 9.90 Å². The summed E-state index contributed by atoms with van der Waals surface area (Å²) in [5, 5.41) is 11.5. The molecule has 0 aromatic carbocycles. The van der Waals surface area contributed by atoms with E-state index in [4.69, 9.17) is 10.8 Å². The van der Waals surface area contributed by atoms with Gasteiger partial charge in [-0.2, -0.15) is 0 Å². The summed E-state index contributed by atoms with van der Waals surface area (Å²) >= 11 is 0. The Morgan fingerprint density at radius 2 is 2.12 bits per heavy atom. The summed E-state index contributed by atoms with van der Waals surface area (Å²) in [6.07, 6.45) is 3.07. The number of halogens is 1. The monoisotopic (exact) mass is 252 g/mol. The molecule has 0 rings (SSSR count). The minimum Gasteiger partial charge on any atom is -0.396 e. The van der Waals surface area contributed by atoms with Crippen LogP contribution in [0.3, 0.4) is 0 Å². The van der Waals surface area contributed by atoms with Crippen LogP contribution in [0.25, 0.3) is 0 Å². The number of carbonyl (C=O) groups is 1. The van der Waals surface area contributed by atoms with Crippen LogP contribution in [-0.2, 0) is 4.79 Å². The van der Waals surface area contributed by atoms with Crippen molar-refractivity contribution in [3.8, 4) is 0 Å². The summed E-state index contributed by atoms with van der Waals surface area (Å²) in [7, 11) is 0. The number of aliphatic hydroxyl groups excluding tert-OH is 1. The maximum Gasteiger partial charge on any atom is 0.240 e. The van der Waals surface area contributed by atoms with Gasteiger partial charge in [0.2, 0.25) is 5.91 Å². The molecule has 98 valence electrons. The van der Waals surface area contributed by atoms with Crippen molar-refractivity contribution in [2.45, 2.75) is 58.0 Å². The Morgan fingerprint density at radius 1 is 1.56 bits per heavy atom. The van der Waals surface area contributed by atoms with Crippen molar-refractivity contribution in [3.05, 3.63) is 0 Å². The molecule has 0 aliphatic carbocycles. The first-order chi connectivity index (χ1) is 6.94. The molecule has 0 saturated heterocycles. The molecule has 2 unspecified atom stereocenters. The Balaban J connectivity index is 0. The Morgan fingerprint density at radius 3 is 2.56 bits per heavy atom. The van der Waals surface area contributed by atoms with Gasteiger partial charge in [-0.1, -0.05) is 13.3 Å². The largest absolute Gasteiger partial charge is 0.396 e. The van der Waals surface area contributed by atoms with E-state index in [2.05, 4.69) is 5.32 Å². The standard InChI is InChI=1S/C11H24N2O2.ClH/c1-4-7-11(3,12)10(15)13-9(2)6-5-8-14;/h9,14H,4-8,12H2,1-3H3,(H,13,15);1H. The molecule has 0 spiro atoms. The van der Waals surface area contributed by atoms with Gasteiger partial charge in [-0.05, 0) is 33.1 Å². The van der Waals surface area contributed by atoms with Crippen molar-refractivity contribution in [3.63, 3.8) is 0 Å². The maximum atomic E-state index is 11.7. The Labute approximate surface area is 104 Å². The molecule has 0 aliphatic heterocycles. The SMILES string of the molecule is CCCC(C)(N)C(=O)NC(C)CCCO.Cl. The van der Waals surface area contributed by atoms with Gasteiger partial charge in [0.1, 0.15) is 0 Å². The third kappa shape index (κ3) is 7.04. The predicted molar refractivity (Wildman–Crippen MR) is 68.7 cm³/mol. The van der Waals surface area contributed by atoms with Gasteiger partial charge >= 0.3 is 0 Å². The highest BCUT2D eigenvalue weighted by atomic mass is 35.5. The zero-order chi connectivity index (χ0) is 11.9. The summed E-state index contributed by atoms with van der Waals surface area (Å²) in [4.78, 5) is 11.7. The molecule has 5 heteroatoms. The van der Waals surface area contributed by atoms with Crippen LogP contribution in [0.5, 0.6) is 0 Å². The van der Waals surface area contributed by atoms with Gasteiger partial charge in [-0.3, -0.25) is 4.79 Å². The number of amides is 1. The molecular weight excluding hydrogens is 228 g/mol. The molecule has 0 aromatic rings. The lowest BCUT2D eigenvalue weighted by Gasteiger charge is -2.25. The second kappa shape index (κ2) is 8.79. The van der Waals surface area contributed by atoms with Crippen LogP contribution >= 0.6 is 12.4 Å². The van der Waals surface area contributed by atoms with Gasteiger partial charge in [-0.15, -0.1) is 12.4 Å². The Bertz CT molecular complexity index is 198. The average molecular weight is 253 g/mol. The van der Waals surface area contributed by atoms with Crippen molar-refractivity contribution in [1.29, 1.82) is 0 Å². The molecule has 0 heterocycles. The molecule has 0 saturated carbocycles. The number of nitrogens with one attached hydrogen (secondary N) is 1. The van der Waals surface area contributed by atoms with Crippen molar-refractivity contribution >= 4 is 18.3 Å². The fourth-order valence-corrected chi connectivity index (χ4v) is 1.49. The zero-order valence-corrected chi connectivity index (χ0v) is 11.3. The van der Waals surface area contributed by atoms with Crippen molar-refractivity contribution in [2.24, 2.45) is 5.73 Å². The van der Waals surface area contributed by atoms with Gasteiger partial charge < -0.3 is 16.2 Å². The molecule has 16 heavy (non-hydrogen) atoms.